The highest BCUT2D eigenvalue weighted by Crippen LogP contribution is 2.37. The summed E-state index contributed by atoms with van der Waals surface area (Å²) in [6, 6.07) is 12.6. The zero-order valence-electron chi connectivity index (χ0n) is 16.4. The van der Waals surface area contributed by atoms with Crippen molar-refractivity contribution < 1.29 is 9.53 Å². The zero-order valence-corrected chi connectivity index (χ0v) is 18.0. The van der Waals surface area contributed by atoms with Gasteiger partial charge in [-0.3, -0.25) is 4.79 Å². The van der Waals surface area contributed by atoms with Crippen LogP contribution in [0.4, 0.5) is 5.69 Å². The standard InChI is InChI=1S/C23H25BrN2O2/c1-3-28-23(27)14-19-16(2)21(15-25)22(26-11-5-4-6-12-26)13-20(19)17-7-9-18(24)10-8-17/h7-10,13H,3-6,11-12,14H2,1-2H3. The second-order valence-corrected chi connectivity index (χ2v) is 7.99. The molecule has 1 aliphatic rings. The molecule has 0 atom stereocenters. The molecule has 0 spiro atoms. The Hall–Kier alpha value is -2.32. The summed E-state index contributed by atoms with van der Waals surface area (Å²) in [5, 5.41) is 9.89. The number of benzene rings is 2. The van der Waals surface area contributed by atoms with Crippen LogP contribution in [0.1, 0.15) is 42.9 Å². The topological polar surface area (TPSA) is 53.3 Å². The normalized spacial score (nSPS) is 13.9. The second-order valence-electron chi connectivity index (χ2n) is 7.07. The van der Waals surface area contributed by atoms with E-state index in [1.54, 1.807) is 6.92 Å². The van der Waals surface area contributed by atoms with E-state index < -0.39 is 0 Å². The Morgan fingerprint density at radius 2 is 1.89 bits per heavy atom. The average Bonchev–Trinajstić information content (AvgIpc) is 2.71. The van der Waals surface area contributed by atoms with Crippen LogP contribution in [-0.4, -0.2) is 25.7 Å². The summed E-state index contributed by atoms with van der Waals surface area (Å²) in [6.07, 6.45) is 3.68. The molecular formula is C23H25BrN2O2. The Labute approximate surface area is 175 Å². The molecule has 1 heterocycles. The molecule has 28 heavy (non-hydrogen) atoms. The van der Waals surface area contributed by atoms with Gasteiger partial charge in [0.2, 0.25) is 0 Å². The van der Waals surface area contributed by atoms with Crippen LogP contribution in [0.3, 0.4) is 0 Å². The molecule has 146 valence electrons. The first-order chi connectivity index (χ1) is 13.5. The first kappa shape index (κ1) is 20.4. The van der Waals surface area contributed by atoms with Gasteiger partial charge in [0.1, 0.15) is 6.07 Å². The van der Waals surface area contributed by atoms with Crippen LogP contribution in [0.2, 0.25) is 0 Å². The number of anilines is 1. The van der Waals surface area contributed by atoms with Gasteiger partial charge in [0.15, 0.2) is 0 Å². The number of carbonyl (C=O) groups excluding carboxylic acids is 1. The Balaban J connectivity index is 2.17. The van der Waals surface area contributed by atoms with E-state index in [2.05, 4.69) is 33.0 Å². The predicted octanol–water partition coefficient (Wildman–Crippen LogP) is 5.39. The van der Waals surface area contributed by atoms with Crippen molar-refractivity contribution in [2.24, 2.45) is 0 Å². The van der Waals surface area contributed by atoms with Crippen molar-refractivity contribution in [1.82, 2.24) is 0 Å². The van der Waals surface area contributed by atoms with E-state index in [9.17, 15) is 10.1 Å². The molecule has 2 aromatic rings. The molecule has 0 aliphatic carbocycles. The first-order valence-electron chi connectivity index (χ1n) is 9.78. The molecule has 4 nitrogen and oxygen atoms in total. The Kier molecular flexibility index (Phi) is 6.74. The molecule has 1 aliphatic heterocycles. The van der Waals surface area contributed by atoms with E-state index in [0.29, 0.717) is 12.2 Å². The summed E-state index contributed by atoms with van der Waals surface area (Å²) in [6.45, 7) is 6.03. The first-order valence-corrected chi connectivity index (χ1v) is 10.6. The van der Waals surface area contributed by atoms with E-state index in [-0.39, 0.29) is 12.4 Å². The molecule has 5 heteroatoms. The van der Waals surface area contributed by atoms with Gasteiger partial charge < -0.3 is 9.64 Å². The van der Waals surface area contributed by atoms with Crippen LogP contribution in [0.15, 0.2) is 34.8 Å². The van der Waals surface area contributed by atoms with Gasteiger partial charge in [-0.2, -0.15) is 5.26 Å². The van der Waals surface area contributed by atoms with E-state index in [0.717, 1.165) is 58.3 Å². The molecular weight excluding hydrogens is 416 g/mol. The van der Waals surface area contributed by atoms with E-state index in [1.807, 2.05) is 31.2 Å². The fraction of sp³-hybridized carbons (Fsp3) is 0.391. The average molecular weight is 441 g/mol. The largest absolute Gasteiger partial charge is 0.466 e. The summed E-state index contributed by atoms with van der Waals surface area (Å²) in [7, 11) is 0. The van der Waals surface area contributed by atoms with Crippen molar-refractivity contribution in [2.75, 3.05) is 24.6 Å². The minimum atomic E-state index is -0.265. The molecule has 0 bridgehead atoms. The maximum Gasteiger partial charge on any atom is 0.310 e. The van der Waals surface area contributed by atoms with Crippen LogP contribution >= 0.6 is 15.9 Å². The lowest BCUT2D eigenvalue weighted by Crippen LogP contribution is -2.30. The molecule has 3 rings (SSSR count). The van der Waals surface area contributed by atoms with Gasteiger partial charge >= 0.3 is 5.97 Å². The number of nitrogens with zero attached hydrogens (tertiary/aromatic N) is 2. The van der Waals surface area contributed by atoms with Gasteiger partial charge in [-0.1, -0.05) is 28.1 Å². The zero-order chi connectivity index (χ0) is 20.1. The summed E-state index contributed by atoms with van der Waals surface area (Å²) < 4.78 is 6.20. The quantitative estimate of drug-likeness (QED) is 0.584. The molecule has 2 aromatic carbocycles. The van der Waals surface area contributed by atoms with E-state index in [1.165, 1.54) is 6.42 Å². The van der Waals surface area contributed by atoms with Crippen LogP contribution in [-0.2, 0) is 16.0 Å². The third-order valence-corrected chi connectivity index (χ3v) is 5.81. The minimum absolute atomic E-state index is 0.167. The number of hydrogen-bond donors (Lipinski definition) is 0. The van der Waals surface area contributed by atoms with E-state index in [4.69, 9.17) is 4.74 Å². The van der Waals surface area contributed by atoms with Crippen LogP contribution in [0.25, 0.3) is 11.1 Å². The number of rotatable bonds is 5. The highest BCUT2D eigenvalue weighted by Gasteiger charge is 2.23. The highest BCUT2D eigenvalue weighted by molar-refractivity contribution is 9.10. The molecule has 1 fully saturated rings. The Bertz CT molecular complexity index is 894. The van der Waals surface area contributed by atoms with Gasteiger partial charge in [0, 0.05) is 17.6 Å². The third kappa shape index (κ3) is 4.39. The van der Waals surface area contributed by atoms with Gasteiger partial charge in [0.25, 0.3) is 0 Å². The molecule has 0 unspecified atom stereocenters. The van der Waals surface area contributed by atoms with Gasteiger partial charge in [-0.25, -0.2) is 0 Å². The molecule has 1 saturated heterocycles. The Morgan fingerprint density at radius 1 is 1.21 bits per heavy atom. The maximum absolute atomic E-state index is 12.3. The van der Waals surface area contributed by atoms with Crippen LogP contribution in [0.5, 0.6) is 0 Å². The highest BCUT2D eigenvalue weighted by atomic mass is 79.9. The number of nitriles is 1. The molecule has 0 aromatic heterocycles. The van der Waals surface area contributed by atoms with Gasteiger partial charge in [-0.15, -0.1) is 0 Å². The molecule has 0 radical (unpaired) electrons. The van der Waals surface area contributed by atoms with Crippen molar-refractivity contribution in [3.8, 4) is 17.2 Å². The monoisotopic (exact) mass is 440 g/mol. The summed E-state index contributed by atoms with van der Waals surface area (Å²) in [5.74, 6) is -0.265. The fourth-order valence-electron chi connectivity index (χ4n) is 3.84. The number of carbonyl (C=O) groups is 1. The molecule has 0 saturated carbocycles. The third-order valence-electron chi connectivity index (χ3n) is 5.28. The lowest BCUT2D eigenvalue weighted by Gasteiger charge is -2.31. The van der Waals surface area contributed by atoms with E-state index >= 15 is 0 Å². The van der Waals surface area contributed by atoms with Crippen LogP contribution < -0.4 is 4.90 Å². The predicted molar refractivity (Wildman–Crippen MR) is 115 cm³/mol. The van der Waals surface area contributed by atoms with Crippen LogP contribution in [0, 0.1) is 18.3 Å². The number of ether oxygens (including phenoxy) is 1. The SMILES string of the molecule is CCOC(=O)Cc1c(-c2ccc(Br)cc2)cc(N2CCCCC2)c(C#N)c1C. The van der Waals surface area contributed by atoms with Crippen molar-refractivity contribution >= 4 is 27.6 Å². The smallest absolute Gasteiger partial charge is 0.310 e. The minimum Gasteiger partial charge on any atom is -0.466 e. The lowest BCUT2D eigenvalue weighted by molar-refractivity contribution is -0.142. The molecule has 0 N–H and O–H groups in total. The number of piperidine rings is 1. The van der Waals surface area contributed by atoms with Crippen molar-refractivity contribution in [3.63, 3.8) is 0 Å². The van der Waals surface area contributed by atoms with Crippen molar-refractivity contribution in [1.29, 1.82) is 5.26 Å². The van der Waals surface area contributed by atoms with Gasteiger partial charge in [0.05, 0.1) is 24.3 Å². The van der Waals surface area contributed by atoms with Crippen molar-refractivity contribution in [2.45, 2.75) is 39.5 Å². The number of hydrogen-bond acceptors (Lipinski definition) is 4. The number of esters is 1. The molecule has 0 amide bonds. The number of halogens is 1. The maximum atomic E-state index is 12.3. The Morgan fingerprint density at radius 3 is 2.50 bits per heavy atom. The summed E-state index contributed by atoms with van der Waals surface area (Å²) >= 11 is 3.49. The summed E-state index contributed by atoms with van der Waals surface area (Å²) in [4.78, 5) is 14.6. The fourth-order valence-corrected chi connectivity index (χ4v) is 4.10. The summed E-state index contributed by atoms with van der Waals surface area (Å²) in [5.41, 5.74) is 5.42. The van der Waals surface area contributed by atoms with Crippen molar-refractivity contribution in [3.05, 3.63) is 51.5 Å². The van der Waals surface area contributed by atoms with Gasteiger partial charge in [-0.05, 0) is 73.6 Å². The lowest BCUT2D eigenvalue weighted by atomic mass is 9.89. The second kappa shape index (κ2) is 9.25.